The molecule has 0 unspecified atom stereocenters. The van der Waals surface area contributed by atoms with Gasteiger partial charge >= 0.3 is 0 Å². The molecule has 9 heavy (non-hydrogen) atoms. The highest BCUT2D eigenvalue weighted by Crippen LogP contribution is 2.04. The van der Waals surface area contributed by atoms with Gasteiger partial charge in [-0.3, -0.25) is 10.5 Å². The van der Waals surface area contributed by atoms with Crippen LogP contribution in [0, 0.1) is 0 Å². The Balaban J connectivity index is 3.86. The van der Waals surface area contributed by atoms with Crippen LogP contribution in [0.4, 0.5) is 0 Å². The Kier molecular flexibility index (Phi) is 4.05. The molecule has 0 bridgehead atoms. The van der Waals surface area contributed by atoms with E-state index in [1.807, 2.05) is 6.92 Å². The predicted octanol–water partition coefficient (Wildman–Crippen LogP) is 1.65. The van der Waals surface area contributed by atoms with Gasteiger partial charge < -0.3 is 0 Å². The molecule has 2 nitrogen and oxygen atoms in total. The minimum atomic E-state index is -0.686. The van der Waals surface area contributed by atoms with Gasteiger partial charge in [0, 0.05) is 10.6 Å². The number of halogens is 1. The zero-order chi connectivity index (χ0) is 7.28. The molecule has 0 aromatic carbocycles. The summed E-state index contributed by atoms with van der Waals surface area (Å²) in [7, 11) is 0. The number of rotatable bonds is 2. The van der Waals surface area contributed by atoms with Crippen molar-refractivity contribution in [2.45, 2.75) is 6.92 Å². The van der Waals surface area contributed by atoms with E-state index in [1.54, 1.807) is 6.08 Å². The summed E-state index contributed by atoms with van der Waals surface area (Å²) in [5.74, 6) is -0.686. The van der Waals surface area contributed by atoms with Crippen LogP contribution in [0.25, 0.3) is 0 Å². The molecule has 0 fully saturated rings. The van der Waals surface area contributed by atoms with Crippen molar-refractivity contribution in [2.24, 2.45) is 0 Å². The van der Waals surface area contributed by atoms with E-state index in [-0.39, 0.29) is 0 Å². The molecule has 0 heterocycles. The van der Waals surface area contributed by atoms with Gasteiger partial charge in [-0.05, 0) is 13.0 Å². The van der Waals surface area contributed by atoms with Crippen molar-refractivity contribution in [1.29, 1.82) is 0 Å². The van der Waals surface area contributed by atoms with E-state index >= 15 is 0 Å². The first kappa shape index (κ1) is 8.43. The maximum Gasteiger partial charge on any atom is 0.262 e. The molecule has 0 aliphatic carbocycles. The van der Waals surface area contributed by atoms with Gasteiger partial charge in [-0.2, -0.15) is 0 Å². The standard InChI is InChI=1S/C6H7BrNO/c1-2-5(7)3-4-6(8)9/h2-4,8H,1H3/b4-3+,5-2-. The number of allylic oxidation sites excluding steroid dienone is 3. The molecule has 0 aromatic heterocycles. The van der Waals surface area contributed by atoms with E-state index in [0.29, 0.717) is 0 Å². The summed E-state index contributed by atoms with van der Waals surface area (Å²) in [6.07, 6.45) is 4.51. The topological polar surface area (TPSA) is 40.9 Å². The minimum absolute atomic E-state index is 0.686. The maximum atomic E-state index is 10.00. The van der Waals surface area contributed by atoms with Crippen LogP contribution in [-0.4, -0.2) is 5.91 Å². The van der Waals surface area contributed by atoms with Crippen molar-refractivity contribution < 1.29 is 4.79 Å². The molecule has 0 aliphatic heterocycles. The number of carbonyl (C=O) groups excluding carboxylic acids is 1. The summed E-state index contributed by atoms with van der Waals surface area (Å²) in [6, 6.07) is 0. The molecule has 0 atom stereocenters. The Morgan fingerprint density at radius 2 is 2.11 bits per heavy atom. The normalized spacial score (nSPS) is 12.4. The second-order valence-electron chi connectivity index (χ2n) is 1.37. The fourth-order valence-electron chi connectivity index (χ4n) is 0.252. The molecule has 1 N–H and O–H groups in total. The van der Waals surface area contributed by atoms with Crippen molar-refractivity contribution in [1.82, 2.24) is 5.73 Å². The van der Waals surface area contributed by atoms with Crippen LogP contribution in [0.2, 0.25) is 0 Å². The third-order valence-electron chi connectivity index (χ3n) is 0.670. The Hall–Kier alpha value is -0.570. The van der Waals surface area contributed by atoms with E-state index in [0.717, 1.165) is 4.48 Å². The highest BCUT2D eigenvalue weighted by molar-refractivity contribution is 9.11. The Labute approximate surface area is 62.6 Å². The van der Waals surface area contributed by atoms with E-state index < -0.39 is 5.91 Å². The number of nitrogens with one attached hydrogen (secondary N) is 1. The molecule has 0 saturated heterocycles. The lowest BCUT2D eigenvalue weighted by Crippen LogP contribution is -1.88. The summed E-state index contributed by atoms with van der Waals surface area (Å²) in [6.45, 7) is 1.84. The third-order valence-corrected chi connectivity index (χ3v) is 1.39. The van der Waals surface area contributed by atoms with Crippen LogP contribution in [0.3, 0.4) is 0 Å². The number of amides is 1. The number of carbonyl (C=O) groups is 1. The fourth-order valence-corrected chi connectivity index (χ4v) is 0.384. The Morgan fingerprint density at radius 3 is 2.44 bits per heavy atom. The van der Waals surface area contributed by atoms with Gasteiger partial charge in [0.25, 0.3) is 5.91 Å². The van der Waals surface area contributed by atoms with E-state index in [1.165, 1.54) is 12.2 Å². The molecule has 0 aromatic rings. The van der Waals surface area contributed by atoms with Crippen molar-refractivity contribution >= 4 is 21.8 Å². The van der Waals surface area contributed by atoms with Crippen molar-refractivity contribution in [2.75, 3.05) is 0 Å². The lowest BCUT2D eigenvalue weighted by Gasteiger charge is -1.81. The fraction of sp³-hybridized carbons (Fsp3) is 0.167. The summed E-state index contributed by atoms with van der Waals surface area (Å²) >= 11 is 3.14. The lowest BCUT2D eigenvalue weighted by molar-refractivity contribution is -0.114. The zero-order valence-corrected chi connectivity index (χ0v) is 6.60. The smallest absolute Gasteiger partial charge is 0.262 e. The lowest BCUT2D eigenvalue weighted by atomic mass is 10.4. The Bertz CT molecular complexity index is 160. The highest BCUT2D eigenvalue weighted by Gasteiger charge is 1.83. The van der Waals surface area contributed by atoms with Crippen LogP contribution in [-0.2, 0) is 4.79 Å². The molecule has 3 heteroatoms. The summed E-state index contributed by atoms with van der Waals surface area (Å²) in [5.41, 5.74) is 6.47. The van der Waals surface area contributed by atoms with Crippen LogP contribution < -0.4 is 5.73 Å². The summed E-state index contributed by atoms with van der Waals surface area (Å²) in [5, 5.41) is 0. The Morgan fingerprint density at radius 1 is 1.56 bits per heavy atom. The maximum absolute atomic E-state index is 10.00. The summed E-state index contributed by atoms with van der Waals surface area (Å²) < 4.78 is 0.808. The largest absolute Gasteiger partial charge is 0.268 e. The average Bonchev–Trinajstić information content (AvgIpc) is 1.83. The van der Waals surface area contributed by atoms with E-state index in [9.17, 15) is 4.79 Å². The van der Waals surface area contributed by atoms with Gasteiger partial charge in [-0.15, -0.1) is 0 Å². The second kappa shape index (κ2) is 4.32. The first-order valence-corrected chi connectivity index (χ1v) is 3.21. The minimum Gasteiger partial charge on any atom is -0.268 e. The van der Waals surface area contributed by atoms with Crippen molar-refractivity contribution in [3.05, 3.63) is 22.7 Å². The van der Waals surface area contributed by atoms with Crippen molar-refractivity contribution in [3.8, 4) is 0 Å². The monoisotopic (exact) mass is 188 g/mol. The van der Waals surface area contributed by atoms with Crippen LogP contribution in [0.1, 0.15) is 6.92 Å². The zero-order valence-electron chi connectivity index (χ0n) is 5.02. The highest BCUT2D eigenvalue weighted by atomic mass is 79.9. The number of hydrogen-bond donors (Lipinski definition) is 0. The molecule has 1 amide bonds. The third kappa shape index (κ3) is 5.30. The van der Waals surface area contributed by atoms with Crippen LogP contribution in [0.15, 0.2) is 22.7 Å². The van der Waals surface area contributed by atoms with E-state index in [2.05, 4.69) is 15.9 Å². The SMILES string of the molecule is C/C=C(Br)/C=C/C([NH])=O. The quantitative estimate of drug-likeness (QED) is 0.480. The van der Waals surface area contributed by atoms with Gasteiger partial charge in [0.15, 0.2) is 0 Å². The summed E-state index contributed by atoms with van der Waals surface area (Å²) in [4.78, 5) is 10.00. The van der Waals surface area contributed by atoms with Crippen molar-refractivity contribution in [3.63, 3.8) is 0 Å². The molecular weight excluding hydrogens is 182 g/mol. The van der Waals surface area contributed by atoms with Crippen LogP contribution >= 0.6 is 15.9 Å². The second-order valence-corrected chi connectivity index (χ2v) is 2.29. The molecule has 0 aliphatic rings. The number of hydrogen-bond acceptors (Lipinski definition) is 1. The molecule has 0 saturated carbocycles. The molecule has 0 rings (SSSR count). The van der Waals surface area contributed by atoms with Crippen LogP contribution in [0.5, 0.6) is 0 Å². The molecule has 1 radical (unpaired) electrons. The van der Waals surface area contributed by atoms with E-state index in [4.69, 9.17) is 5.73 Å². The predicted molar refractivity (Wildman–Crippen MR) is 39.9 cm³/mol. The average molecular weight is 189 g/mol. The van der Waals surface area contributed by atoms with Gasteiger partial charge in [0.2, 0.25) is 0 Å². The van der Waals surface area contributed by atoms with Gasteiger partial charge in [0.1, 0.15) is 0 Å². The molecular formula is C6H7BrNO. The molecule has 49 valence electrons. The van der Waals surface area contributed by atoms with Gasteiger partial charge in [0.05, 0.1) is 0 Å². The first-order chi connectivity index (χ1) is 4.16. The first-order valence-electron chi connectivity index (χ1n) is 2.42. The van der Waals surface area contributed by atoms with Gasteiger partial charge in [-0.1, -0.05) is 22.0 Å². The molecule has 0 spiro atoms. The van der Waals surface area contributed by atoms with Gasteiger partial charge in [-0.25, -0.2) is 0 Å².